The fraction of sp³-hybridized carbons (Fsp3) is 0.545. The molecule has 0 radical (unpaired) electrons. The van der Waals surface area contributed by atoms with Gasteiger partial charge in [0, 0.05) is 0 Å². The maximum atomic E-state index is 11.7. The van der Waals surface area contributed by atoms with E-state index >= 15 is 0 Å². The molecule has 0 saturated carbocycles. The third kappa shape index (κ3) is 6.40. The summed E-state index contributed by atoms with van der Waals surface area (Å²) in [6, 6.07) is 11.1. The van der Waals surface area contributed by atoms with Gasteiger partial charge in [0.25, 0.3) is 10.1 Å². The molecule has 26 heavy (non-hydrogen) atoms. The van der Waals surface area contributed by atoms with Crippen molar-refractivity contribution in [3.63, 3.8) is 0 Å². The molecule has 4 heteroatoms. The molecule has 0 bridgehead atoms. The molecular weight excluding hydrogens is 344 g/mol. The normalized spacial score (nSPS) is 12.2. The molecule has 0 heterocycles. The summed E-state index contributed by atoms with van der Waals surface area (Å²) in [5.74, 6) is 0.799. The smallest absolute Gasteiger partial charge is 0.282 e. The fourth-order valence-corrected chi connectivity index (χ4v) is 4.32. The average molecular weight is 377 g/mol. The van der Waals surface area contributed by atoms with Crippen LogP contribution in [0, 0.1) is 5.92 Å². The Morgan fingerprint density at radius 2 is 1.46 bits per heavy atom. The molecule has 0 aromatic heterocycles. The van der Waals surface area contributed by atoms with E-state index in [1.807, 2.05) is 24.3 Å². The monoisotopic (exact) mass is 376 g/mol. The number of fused-ring (bicyclic) bond motifs is 1. The van der Waals surface area contributed by atoms with Crippen LogP contribution in [0.4, 0.5) is 0 Å². The van der Waals surface area contributed by atoms with E-state index in [4.69, 9.17) is 0 Å². The van der Waals surface area contributed by atoms with Gasteiger partial charge in [-0.2, -0.15) is 8.42 Å². The van der Waals surface area contributed by atoms with Crippen molar-refractivity contribution >= 4 is 20.9 Å². The van der Waals surface area contributed by atoms with E-state index in [0.717, 1.165) is 35.1 Å². The summed E-state index contributed by atoms with van der Waals surface area (Å²) in [5, 5.41) is 1.94. The molecule has 0 aliphatic heterocycles. The van der Waals surface area contributed by atoms with Gasteiger partial charge >= 0.3 is 0 Å². The lowest BCUT2D eigenvalue weighted by atomic mass is 9.98. The second-order valence-corrected chi connectivity index (χ2v) is 9.04. The summed E-state index contributed by atoms with van der Waals surface area (Å²) in [5.41, 5.74) is 0.752. The van der Waals surface area contributed by atoms with E-state index in [-0.39, 0.29) is 4.90 Å². The van der Waals surface area contributed by atoms with Gasteiger partial charge in [0.1, 0.15) is 0 Å². The Morgan fingerprint density at radius 1 is 0.846 bits per heavy atom. The van der Waals surface area contributed by atoms with Crippen LogP contribution >= 0.6 is 0 Å². The number of benzene rings is 2. The van der Waals surface area contributed by atoms with Crippen molar-refractivity contribution in [3.8, 4) is 0 Å². The quantitative estimate of drug-likeness (QED) is 0.364. The molecule has 1 N–H and O–H groups in total. The van der Waals surface area contributed by atoms with Crippen LogP contribution in [0.1, 0.15) is 70.8 Å². The highest BCUT2D eigenvalue weighted by atomic mass is 32.2. The first kappa shape index (κ1) is 20.9. The van der Waals surface area contributed by atoms with Crippen molar-refractivity contribution in [2.75, 3.05) is 0 Å². The van der Waals surface area contributed by atoms with Crippen LogP contribution < -0.4 is 0 Å². The van der Waals surface area contributed by atoms with Crippen molar-refractivity contribution < 1.29 is 13.0 Å². The molecule has 144 valence electrons. The molecular formula is C22H32O3S. The van der Waals surface area contributed by atoms with E-state index in [1.54, 1.807) is 6.07 Å². The Kier molecular flexibility index (Phi) is 8.11. The van der Waals surface area contributed by atoms with Gasteiger partial charge in [0.05, 0.1) is 4.90 Å². The number of hydrogen-bond donors (Lipinski definition) is 1. The van der Waals surface area contributed by atoms with Crippen molar-refractivity contribution in [3.05, 3.63) is 42.0 Å². The summed E-state index contributed by atoms with van der Waals surface area (Å²) in [4.78, 5) is 0.0601. The second kappa shape index (κ2) is 10.1. The van der Waals surface area contributed by atoms with Gasteiger partial charge in [-0.25, -0.2) is 0 Å². The maximum absolute atomic E-state index is 11.7. The molecule has 2 aromatic carbocycles. The molecule has 0 saturated heterocycles. The summed E-state index contributed by atoms with van der Waals surface area (Å²) >= 11 is 0. The van der Waals surface area contributed by atoms with Crippen LogP contribution in [0.25, 0.3) is 10.8 Å². The molecule has 2 rings (SSSR count). The Morgan fingerprint density at radius 3 is 2.12 bits per heavy atom. The molecule has 0 spiro atoms. The molecule has 0 aliphatic carbocycles. The van der Waals surface area contributed by atoms with E-state index in [9.17, 15) is 13.0 Å². The minimum Gasteiger partial charge on any atom is -0.282 e. The minimum atomic E-state index is -4.19. The number of rotatable bonds is 11. The third-order valence-corrected chi connectivity index (χ3v) is 5.92. The zero-order valence-corrected chi connectivity index (χ0v) is 16.9. The van der Waals surface area contributed by atoms with Gasteiger partial charge in [-0.1, -0.05) is 89.1 Å². The van der Waals surface area contributed by atoms with Gasteiger partial charge in [0.2, 0.25) is 0 Å². The lowest BCUT2D eigenvalue weighted by Gasteiger charge is -2.11. The van der Waals surface area contributed by atoms with Gasteiger partial charge in [-0.05, 0) is 41.2 Å². The first-order valence-corrected chi connectivity index (χ1v) is 11.3. The Balaban J connectivity index is 1.88. The van der Waals surface area contributed by atoms with Gasteiger partial charge in [-0.15, -0.1) is 0 Å². The molecule has 0 aliphatic rings. The molecule has 0 amide bonds. The number of hydrogen-bond acceptors (Lipinski definition) is 2. The van der Waals surface area contributed by atoms with Crippen LogP contribution in [-0.2, 0) is 16.5 Å². The highest BCUT2D eigenvalue weighted by molar-refractivity contribution is 7.85. The molecule has 0 atom stereocenters. The second-order valence-electron chi connectivity index (χ2n) is 7.65. The lowest BCUT2D eigenvalue weighted by Crippen LogP contribution is -2.04. The van der Waals surface area contributed by atoms with Crippen LogP contribution in [0.5, 0.6) is 0 Å². The van der Waals surface area contributed by atoms with Gasteiger partial charge in [0.15, 0.2) is 0 Å². The fourth-order valence-electron chi connectivity index (χ4n) is 3.55. The summed E-state index contributed by atoms with van der Waals surface area (Å²) in [6.07, 6.45) is 10.4. The third-order valence-electron chi connectivity index (χ3n) is 4.98. The van der Waals surface area contributed by atoms with Crippen LogP contribution in [-0.4, -0.2) is 13.0 Å². The van der Waals surface area contributed by atoms with Crippen LogP contribution in [0.3, 0.4) is 0 Å². The van der Waals surface area contributed by atoms with Crippen molar-refractivity contribution in [1.82, 2.24) is 0 Å². The van der Waals surface area contributed by atoms with E-state index in [0.29, 0.717) is 6.42 Å². The average Bonchev–Trinajstić information content (AvgIpc) is 2.59. The Labute approximate surface area is 158 Å². The first-order chi connectivity index (χ1) is 12.4. The predicted octanol–water partition coefficient (Wildman–Crippen LogP) is 6.41. The predicted molar refractivity (Wildman–Crippen MR) is 109 cm³/mol. The minimum absolute atomic E-state index is 0.0601. The lowest BCUT2D eigenvalue weighted by molar-refractivity contribution is 0.481. The highest BCUT2D eigenvalue weighted by Crippen LogP contribution is 2.27. The Bertz CT molecular complexity index is 794. The molecule has 0 fully saturated rings. The Hall–Kier alpha value is -1.39. The first-order valence-electron chi connectivity index (χ1n) is 9.87. The van der Waals surface area contributed by atoms with E-state index in [1.165, 1.54) is 44.6 Å². The summed E-state index contributed by atoms with van der Waals surface area (Å²) < 4.78 is 33.0. The van der Waals surface area contributed by atoms with E-state index in [2.05, 4.69) is 13.8 Å². The molecule has 3 nitrogen and oxygen atoms in total. The number of aryl methyl sites for hydroxylation is 1. The van der Waals surface area contributed by atoms with Crippen LogP contribution in [0.2, 0.25) is 0 Å². The van der Waals surface area contributed by atoms with Gasteiger partial charge < -0.3 is 0 Å². The number of unbranched alkanes of at least 4 members (excludes halogenated alkanes) is 6. The zero-order chi connectivity index (χ0) is 19.0. The molecule has 0 unspecified atom stereocenters. The van der Waals surface area contributed by atoms with Crippen molar-refractivity contribution in [1.29, 1.82) is 0 Å². The van der Waals surface area contributed by atoms with E-state index < -0.39 is 10.1 Å². The topological polar surface area (TPSA) is 54.4 Å². The summed E-state index contributed by atoms with van der Waals surface area (Å²) in [6.45, 7) is 4.54. The van der Waals surface area contributed by atoms with Crippen molar-refractivity contribution in [2.24, 2.45) is 5.92 Å². The maximum Gasteiger partial charge on any atom is 0.294 e. The van der Waals surface area contributed by atoms with Crippen LogP contribution in [0.15, 0.2) is 41.3 Å². The summed E-state index contributed by atoms with van der Waals surface area (Å²) in [7, 11) is -4.19. The molecule has 2 aromatic rings. The standard InChI is InChI=1S/C22H32O3S/c1-18(2)12-8-6-4-3-5-7-9-15-21-20-14-11-10-13-19(20)16-17-22(21)26(23,24)25/h10-11,13-14,16-18H,3-9,12,15H2,1-2H3,(H,23,24,25). The zero-order valence-electron chi connectivity index (χ0n) is 16.1. The highest BCUT2D eigenvalue weighted by Gasteiger charge is 2.17. The SMILES string of the molecule is CC(C)CCCCCCCCCc1c(S(=O)(=O)O)ccc2ccccc12. The largest absolute Gasteiger partial charge is 0.294 e. The van der Waals surface area contributed by atoms with Gasteiger partial charge in [-0.3, -0.25) is 4.55 Å². The van der Waals surface area contributed by atoms with Crippen molar-refractivity contribution in [2.45, 2.75) is 76.5 Å².